The smallest absolute Gasteiger partial charge is 0.148 e. The third-order valence-electron chi connectivity index (χ3n) is 6.85. The first-order chi connectivity index (χ1) is 14.2. The van der Waals surface area contributed by atoms with Crippen molar-refractivity contribution in [2.24, 2.45) is 17.8 Å². The lowest BCUT2D eigenvalue weighted by atomic mass is 10.00. The average Bonchev–Trinajstić information content (AvgIpc) is 3.28. The molecule has 0 radical (unpaired) electrons. The highest BCUT2D eigenvalue weighted by Gasteiger charge is 2.41. The number of likely N-dealkylation sites (tertiary alicyclic amines) is 1. The van der Waals surface area contributed by atoms with Gasteiger partial charge in [-0.3, -0.25) is 0 Å². The second-order valence-electron chi connectivity index (χ2n) is 8.89. The van der Waals surface area contributed by atoms with Crippen LogP contribution in [0.1, 0.15) is 25.7 Å². The quantitative estimate of drug-likeness (QED) is 0.832. The number of benzene rings is 1. The number of nitrogens with one attached hydrogen (secondary N) is 1. The van der Waals surface area contributed by atoms with E-state index in [2.05, 4.69) is 20.4 Å². The summed E-state index contributed by atoms with van der Waals surface area (Å²) in [5, 5.41) is 12.1. The molecule has 1 saturated carbocycles. The molecule has 1 aliphatic carbocycles. The maximum Gasteiger partial charge on any atom is 0.148 e. The van der Waals surface area contributed by atoms with Gasteiger partial charge in [-0.25, -0.2) is 4.39 Å². The molecule has 2 aliphatic heterocycles. The summed E-state index contributed by atoms with van der Waals surface area (Å²) < 4.78 is 19.4. The molecule has 0 spiro atoms. The van der Waals surface area contributed by atoms with E-state index < -0.39 is 0 Å². The normalized spacial score (nSPS) is 27.8. The fourth-order valence-corrected chi connectivity index (χ4v) is 5.39. The topological polar surface area (TPSA) is 50.3 Å². The number of aromatic nitrogens is 2. The Hall–Kier alpha value is -2.05. The standard InChI is InChI=1S/C23H29FN4O/c24-21-4-2-1-3-20(21)22-5-6-23(27-26-22)25-19-11-17-14-28(15-18(17)12-19)13-16-7-9-29-10-8-16/h1-6,16-19H,7-15H2,(H,25,27)/t17-,18+,19?. The van der Waals surface area contributed by atoms with Gasteiger partial charge in [0.05, 0.1) is 5.69 Å². The van der Waals surface area contributed by atoms with Crippen molar-refractivity contribution in [1.82, 2.24) is 15.1 Å². The van der Waals surface area contributed by atoms with Crippen LogP contribution in [0.5, 0.6) is 0 Å². The number of anilines is 1. The van der Waals surface area contributed by atoms with Crippen LogP contribution in [0.15, 0.2) is 36.4 Å². The zero-order chi connectivity index (χ0) is 19.6. The Morgan fingerprint density at radius 1 is 1.00 bits per heavy atom. The number of hydrogen-bond donors (Lipinski definition) is 1. The van der Waals surface area contributed by atoms with Crippen LogP contribution in [0, 0.1) is 23.6 Å². The minimum Gasteiger partial charge on any atom is -0.381 e. The van der Waals surface area contributed by atoms with E-state index in [-0.39, 0.29) is 5.82 Å². The average molecular weight is 397 g/mol. The van der Waals surface area contributed by atoms with Crippen LogP contribution < -0.4 is 5.32 Å². The molecule has 3 atom stereocenters. The van der Waals surface area contributed by atoms with Gasteiger partial charge in [0.15, 0.2) is 0 Å². The van der Waals surface area contributed by atoms with Crippen molar-refractivity contribution in [2.45, 2.75) is 31.7 Å². The summed E-state index contributed by atoms with van der Waals surface area (Å²) in [5.74, 6) is 2.92. The van der Waals surface area contributed by atoms with Crippen LogP contribution in [-0.4, -0.2) is 54.0 Å². The van der Waals surface area contributed by atoms with Crippen LogP contribution in [0.25, 0.3) is 11.3 Å². The molecule has 2 saturated heterocycles. The van der Waals surface area contributed by atoms with Gasteiger partial charge in [-0.1, -0.05) is 12.1 Å². The van der Waals surface area contributed by atoms with Gasteiger partial charge in [0, 0.05) is 44.5 Å². The van der Waals surface area contributed by atoms with Gasteiger partial charge in [-0.05, 0) is 67.7 Å². The Bertz CT molecular complexity index is 810. The second-order valence-corrected chi connectivity index (χ2v) is 8.89. The maximum atomic E-state index is 13.9. The summed E-state index contributed by atoms with van der Waals surface area (Å²) >= 11 is 0. The fourth-order valence-electron chi connectivity index (χ4n) is 5.39. The van der Waals surface area contributed by atoms with Gasteiger partial charge >= 0.3 is 0 Å². The van der Waals surface area contributed by atoms with E-state index in [9.17, 15) is 4.39 Å². The SMILES string of the molecule is Fc1ccccc1-c1ccc(NC2C[C@@H]3CN(CC4CCOCC4)C[C@@H]3C2)nn1. The first-order valence-electron chi connectivity index (χ1n) is 10.9. The van der Waals surface area contributed by atoms with E-state index in [4.69, 9.17) is 4.74 Å². The molecule has 29 heavy (non-hydrogen) atoms. The van der Waals surface area contributed by atoms with E-state index in [1.165, 1.54) is 51.4 Å². The minimum atomic E-state index is -0.267. The molecular weight excluding hydrogens is 367 g/mol. The molecule has 3 fully saturated rings. The first-order valence-corrected chi connectivity index (χ1v) is 10.9. The zero-order valence-corrected chi connectivity index (χ0v) is 16.8. The molecule has 5 nitrogen and oxygen atoms in total. The van der Waals surface area contributed by atoms with E-state index >= 15 is 0 Å². The van der Waals surface area contributed by atoms with Crippen LogP contribution in [0.4, 0.5) is 10.2 Å². The van der Waals surface area contributed by atoms with E-state index in [0.29, 0.717) is 17.3 Å². The third-order valence-corrected chi connectivity index (χ3v) is 6.85. The predicted molar refractivity (Wildman–Crippen MR) is 111 cm³/mol. The Morgan fingerprint density at radius 2 is 1.76 bits per heavy atom. The molecule has 3 aliphatic rings. The van der Waals surface area contributed by atoms with Gasteiger partial charge in [-0.2, -0.15) is 0 Å². The van der Waals surface area contributed by atoms with Crippen LogP contribution in [0.2, 0.25) is 0 Å². The van der Waals surface area contributed by atoms with Gasteiger partial charge in [0.2, 0.25) is 0 Å². The zero-order valence-electron chi connectivity index (χ0n) is 16.8. The lowest BCUT2D eigenvalue weighted by Crippen LogP contribution is -2.32. The monoisotopic (exact) mass is 396 g/mol. The van der Waals surface area contributed by atoms with Gasteiger partial charge in [-0.15, -0.1) is 10.2 Å². The lowest BCUT2D eigenvalue weighted by Gasteiger charge is -2.27. The molecule has 0 bridgehead atoms. The molecule has 1 unspecified atom stereocenters. The van der Waals surface area contributed by atoms with Crippen molar-refractivity contribution in [3.05, 3.63) is 42.2 Å². The molecule has 1 aromatic carbocycles. The number of rotatable bonds is 5. The fraction of sp³-hybridized carbons (Fsp3) is 0.565. The Kier molecular flexibility index (Phi) is 5.46. The van der Waals surface area contributed by atoms with E-state index in [0.717, 1.165) is 36.8 Å². The summed E-state index contributed by atoms with van der Waals surface area (Å²) in [6.45, 7) is 5.59. The molecule has 2 aromatic rings. The largest absolute Gasteiger partial charge is 0.381 e. The van der Waals surface area contributed by atoms with Crippen molar-refractivity contribution in [3.8, 4) is 11.3 Å². The number of fused-ring (bicyclic) bond motifs is 1. The number of nitrogens with zero attached hydrogens (tertiary/aromatic N) is 3. The molecule has 5 rings (SSSR count). The number of halogens is 1. The minimum absolute atomic E-state index is 0.267. The van der Waals surface area contributed by atoms with Crippen molar-refractivity contribution in [1.29, 1.82) is 0 Å². The first kappa shape index (κ1) is 18.9. The summed E-state index contributed by atoms with van der Waals surface area (Å²) in [5.41, 5.74) is 1.06. The summed E-state index contributed by atoms with van der Waals surface area (Å²) in [6.07, 6.45) is 4.84. The third kappa shape index (κ3) is 4.28. The van der Waals surface area contributed by atoms with Crippen LogP contribution in [-0.2, 0) is 4.74 Å². The highest BCUT2D eigenvalue weighted by molar-refractivity contribution is 5.60. The summed E-state index contributed by atoms with van der Waals surface area (Å²) in [4.78, 5) is 2.69. The maximum absolute atomic E-state index is 13.9. The van der Waals surface area contributed by atoms with Crippen molar-refractivity contribution >= 4 is 5.82 Å². The number of hydrogen-bond acceptors (Lipinski definition) is 5. The molecule has 6 heteroatoms. The molecular formula is C23H29FN4O. The predicted octanol–water partition coefficient (Wildman–Crippen LogP) is 3.83. The van der Waals surface area contributed by atoms with Crippen LogP contribution >= 0.6 is 0 Å². The van der Waals surface area contributed by atoms with Gasteiger partial charge in [0.25, 0.3) is 0 Å². The second kappa shape index (κ2) is 8.36. The summed E-state index contributed by atoms with van der Waals surface area (Å²) in [7, 11) is 0. The van der Waals surface area contributed by atoms with Crippen LogP contribution in [0.3, 0.4) is 0 Å². The molecule has 1 N–H and O–H groups in total. The van der Waals surface area contributed by atoms with Gasteiger partial charge < -0.3 is 15.0 Å². The highest BCUT2D eigenvalue weighted by atomic mass is 19.1. The Morgan fingerprint density at radius 3 is 2.45 bits per heavy atom. The molecule has 3 heterocycles. The van der Waals surface area contributed by atoms with E-state index in [1.54, 1.807) is 12.1 Å². The molecule has 154 valence electrons. The Balaban J connectivity index is 1.13. The van der Waals surface area contributed by atoms with Crippen molar-refractivity contribution in [2.75, 3.05) is 38.2 Å². The molecule has 1 aromatic heterocycles. The van der Waals surface area contributed by atoms with Crippen molar-refractivity contribution in [3.63, 3.8) is 0 Å². The Labute approximate surface area is 171 Å². The molecule has 0 amide bonds. The van der Waals surface area contributed by atoms with E-state index in [1.807, 2.05) is 18.2 Å². The summed E-state index contributed by atoms with van der Waals surface area (Å²) in [6, 6.07) is 10.9. The lowest BCUT2D eigenvalue weighted by molar-refractivity contribution is 0.0545. The number of ether oxygens (including phenoxy) is 1. The highest BCUT2D eigenvalue weighted by Crippen LogP contribution is 2.39. The van der Waals surface area contributed by atoms with Gasteiger partial charge in [0.1, 0.15) is 11.6 Å². The van der Waals surface area contributed by atoms with Crippen molar-refractivity contribution < 1.29 is 9.13 Å².